The van der Waals surface area contributed by atoms with Gasteiger partial charge in [-0.1, -0.05) is 20.8 Å². The van der Waals surface area contributed by atoms with E-state index >= 15 is 0 Å². The second-order valence-electron chi connectivity index (χ2n) is 3.97. The molecule has 0 saturated heterocycles. The molecule has 0 aliphatic heterocycles. The smallest absolute Gasteiger partial charge is 0.373 e. The van der Waals surface area contributed by atoms with Gasteiger partial charge in [-0.3, -0.25) is 0 Å². The van der Waals surface area contributed by atoms with Gasteiger partial charge in [0.15, 0.2) is 0 Å². The predicted molar refractivity (Wildman–Crippen MR) is 77.7 cm³/mol. The molecular weight excluding hydrogens is 252 g/mol. The standard InChI is InChI=1S/C12H28O3SSi/c1-5-8-13-17(12-11-16-4,14-9-6-2)15-10-7-3/h5-12H2,1-4H3. The molecule has 17 heavy (non-hydrogen) atoms. The monoisotopic (exact) mass is 280 g/mol. The van der Waals surface area contributed by atoms with Crippen LogP contribution in [0.3, 0.4) is 0 Å². The maximum absolute atomic E-state index is 5.97. The quantitative estimate of drug-likeness (QED) is 0.511. The van der Waals surface area contributed by atoms with Gasteiger partial charge >= 0.3 is 8.80 Å². The van der Waals surface area contributed by atoms with E-state index in [-0.39, 0.29) is 0 Å². The Labute approximate surface area is 112 Å². The Hall–Kier alpha value is 0.447. The fraction of sp³-hybridized carbons (Fsp3) is 1.00. The summed E-state index contributed by atoms with van der Waals surface area (Å²) in [4.78, 5) is 0. The molecule has 0 aliphatic carbocycles. The van der Waals surface area contributed by atoms with E-state index < -0.39 is 8.80 Å². The summed E-state index contributed by atoms with van der Waals surface area (Å²) in [6, 6.07) is 0.925. The number of hydrogen-bond donors (Lipinski definition) is 0. The third-order valence-corrected chi connectivity index (χ3v) is 5.96. The Morgan fingerprint density at radius 3 is 1.53 bits per heavy atom. The van der Waals surface area contributed by atoms with Gasteiger partial charge in [0.25, 0.3) is 0 Å². The molecule has 0 radical (unpaired) electrons. The fourth-order valence-electron chi connectivity index (χ4n) is 1.34. The van der Waals surface area contributed by atoms with Gasteiger partial charge in [0.1, 0.15) is 0 Å². The summed E-state index contributed by atoms with van der Waals surface area (Å²) >= 11 is 1.82. The van der Waals surface area contributed by atoms with E-state index in [0.717, 1.165) is 50.9 Å². The highest BCUT2D eigenvalue weighted by atomic mass is 32.2. The van der Waals surface area contributed by atoms with E-state index in [0.29, 0.717) is 0 Å². The van der Waals surface area contributed by atoms with Crippen molar-refractivity contribution in [2.75, 3.05) is 31.8 Å². The molecule has 0 aliphatic rings. The molecule has 0 atom stereocenters. The average molecular weight is 281 g/mol. The molecule has 0 N–H and O–H groups in total. The first-order valence-corrected chi connectivity index (χ1v) is 9.98. The minimum Gasteiger partial charge on any atom is -0.373 e. The Morgan fingerprint density at radius 2 is 1.24 bits per heavy atom. The normalized spacial score (nSPS) is 12.0. The third-order valence-electron chi connectivity index (χ3n) is 2.19. The third kappa shape index (κ3) is 8.21. The maximum Gasteiger partial charge on any atom is 0.501 e. The van der Waals surface area contributed by atoms with Gasteiger partial charge in [0.05, 0.1) is 0 Å². The van der Waals surface area contributed by atoms with Crippen molar-refractivity contribution in [2.24, 2.45) is 0 Å². The average Bonchev–Trinajstić information content (AvgIpc) is 2.37. The summed E-state index contributed by atoms with van der Waals surface area (Å²) < 4.78 is 17.9. The van der Waals surface area contributed by atoms with Crippen LogP contribution in [-0.4, -0.2) is 40.6 Å². The second-order valence-corrected chi connectivity index (χ2v) is 7.69. The molecule has 0 aromatic carbocycles. The molecule has 0 bridgehead atoms. The number of thioether (sulfide) groups is 1. The zero-order chi connectivity index (χ0) is 13.0. The molecule has 0 amide bonds. The van der Waals surface area contributed by atoms with Crippen LogP contribution >= 0.6 is 11.8 Å². The van der Waals surface area contributed by atoms with Crippen LogP contribution in [-0.2, 0) is 13.3 Å². The highest BCUT2D eigenvalue weighted by molar-refractivity contribution is 7.98. The second kappa shape index (κ2) is 11.5. The van der Waals surface area contributed by atoms with Crippen molar-refractivity contribution < 1.29 is 13.3 Å². The van der Waals surface area contributed by atoms with Crippen LogP contribution in [0.15, 0.2) is 0 Å². The SMILES string of the molecule is CCCO[Si](CCSC)(OCCC)OCCC. The van der Waals surface area contributed by atoms with Crippen LogP contribution < -0.4 is 0 Å². The summed E-state index contributed by atoms with van der Waals surface area (Å²) in [5, 5.41) is 0. The summed E-state index contributed by atoms with van der Waals surface area (Å²) in [6.45, 7) is 8.59. The van der Waals surface area contributed by atoms with Crippen LogP contribution in [0.5, 0.6) is 0 Å². The van der Waals surface area contributed by atoms with Gasteiger partial charge in [0, 0.05) is 25.9 Å². The molecule has 0 fully saturated rings. The molecule has 104 valence electrons. The predicted octanol–water partition coefficient (Wildman–Crippen LogP) is 3.57. The van der Waals surface area contributed by atoms with Crippen LogP contribution in [0.1, 0.15) is 40.0 Å². The van der Waals surface area contributed by atoms with E-state index in [1.54, 1.807) is 0 Å². The summed E-state index contributed by atoms with van der Waals surface area (Å²) in [5.41, 5.74) is 0. The van der Waals surface area contributed by atoms with Crippen molar-refractivity contribution in [3.8, 4) is 0 Å². The van der Waals surface area contributed by atoms with Gasteiger partial charge in [-0.25, -0.2) is 0 Å². The molecule has 0 spiro atoms. The first-order valence-electron chi connectivity index (χ1n) is 6.65. The zero-order valence-electron chi connectivity index (χ0n) is 11.8. The molecular formula is C12H28O3SSi. The Morgan fingerprint density at radius 1 is 0.824 bits per heavy atom. The van der Waals surface area contributed by atoms with E-state index in [9.17, 15) is 0 Å². The molecule has 0 heterocycles. The lowest BCUT2D eigenvalue weighted by molar-refractivity contribution is 0.0607. The van der Waals surface area contributed by atoms with Crippen molar-refractivity contribution in [1.29, 1.82) is 0 Å². The van der Waals surface area contributed by atoms with Crippen LogP contribution in [0, 0.1) is 0 Å². The highest BCUT2D eigenvalue weighted by Gasteiger charge is 2.40. The van der Waals surface area contributed by atoms with Crippen LogP contribution in [0.4, 0.5) is 0 Å². The lowest BCUT2D eigenvalue weighted by atomic mass is 10.5. The lowest BCUT2D eigenvalue weighted by Gasteiger charge is -2.29. The Kier molecular flexibility index (Phi) is 11.8. The lowest BCUT2D eigenvalue weighted by Crippen LogP contribution is -2.47. The van der Waals surface area contributed by atoms with Crippen molar-refractivity contribution >= 4 is 20.6 Å². The van der Waals surface area contributed by atoms with Crippen LogP contribution in [0.2, 0.25) is 6.04 Å². The molecule has 0 rings (SSSR count). The number of rotatable bonds is 12. The molecule has 0 aromatic rings. The van der Waals surface area contributed by atoms with Gasteiger partial charge < -0.3 is 13.3 Å². The number of hydrogen-bond acceptors (Lipinski definition) is 4. The van der Waals surface area contributed by atoms with Crippen molar-refractivity contribution in [3.63, 3.8) is 0 Å². The fourth-order valence-corrected chi connectivity index (χ4v) is 5.39. The van der Waals surface area contributed by atoms with Gasteiger partial charge in [-0.2, -0.15) is 11.8 Å². The summed E-state index contributed by atoms with van der Waals surface area (Å²) in [5.74, 6) is 1.05. The van der Waals surface area contributed by atoms with Crippen molar-refractivity contribution in [3.05, 3.63) is 0 Å². The van der Waals surface area contributed by atoms with E-state index in [2.05, 4.69) is 27.0 Å². The first kappa shape index (κ1) is 17.4. The highest BCUT2D eigenvalue weighted by Crippen LogP contribution is 2.19. The van der Waals surface area contributed by atoms with E-state index in [1.807, 2.05) is 11.8 Å². The van der Waals surface area contributed by atoms with Gasteiger partial charge in [-0.15, -0.1) is 0 Å². The molecule has 0 unspecified atom stereocenters. The Balaban J connectivity index is 4.39. The Bertz CT molecular complexity index is 132. The topological polar surface area (TPSA) is 27.7 Å². The molecule has 0 saturated carbocycles. The van der Waals surface area contributed by atoms with Crippen LogP contribution in [0.25, 0.3) is 0 Å². The van der Waals surface area contributed by atoms with E-state index in [1.165, 1.54) is 0 Å². The summed E-state index contributed by atoms with van der Waals surface area (Å²) in [6.07, 6.45) is 5.15. The first-order chi connectivity index (χ1) is 8.24. The molecule has 3 nitrogen and oxygen atoms in total. The van der Waals surface area contributed by atoms with Gasteiger partial charge in [-0.05, 0) is 31.3 Å². The largest absolute Gasteiger partial charge is 0.501 e. The molecule has 0 aromatic heterocycles. The van der Waals surface area contributed by atoms with Gasteiger partial charge in [0.2, 0.25) is 0 Å². The van der Waals surface area contributed by atoms with Crippen molar-refractivity contribution in [1.82, 2.24) is 0 Å². The summed E-state index contributed by atoms with van der Waals surface area (Å²) in [7, 11) is -2.40. The minimum atomic E-state index is -2.40. The maximum atomic E-state index is 5.97. The molecule has 5 heteroatoms. The zero-order valence-corrected chi connectivity index (χ0v) is 13.6. The minimum absolute atomic E-state index is 0.744. The van der Waals surface area contributed by atoms with E-state index in [4.69, 9.17) is 13.3 Å². The van der Waals surface area contributed by atoms with Crippen molar-refractivity contribution in [2.45, 2.75) is 46.1 Å².